The average molecular weight is 417 g/mol. The molecule has 1 aliphatic rings. The normalized spacial score (nSPS) is 14.1. The molecule has 2 heterocycles. The first-order valence-corrected chi connectivity index (χ1v) is 8.24. The van der Waals surface area contributed by atoms with Gasteiger partial charge in [-0.1, -0.05) is 0 Å². The number of aromatic nitrogens is 4. The van der Waals surface area contributed by atoms with E-state index < -0.39 is 18.2 Å². The molecule has 0 unspecified atom stereocenters. The number of primary amides is 1. The smallest absolute Gasteiger partial charge is 0.283 e. The Balaban J connectivity index is 1.82. The first-order chi connectivity index (χ1) is 11.8. The quantitative estimate of drug-likeness (QED) is 0.749. The topological polar surface area (TPSA) is 108 Å². The highest BCUT2D eigenvalue weighted by Crippen LogP contribution is 2.45. The highest BCUT2D eigenvalue weighted by Gasteiger charge is 2.34. The van der Waals surface area contributed by atoms with E-state index >= 15 is 0 Å². The maximum Gasteiger partial charge on any atom is 0.283 e. The molecule has 0 aromatic carbocycles. The molecule has 2 amide bonds. The Kier molecular flexibility index (Phi) is 4.58. The van der Waals surface area contributed by atoms with Gasteiger partial charge in [0.15, 0.2) is 0 Å². The summed E-state index contributed by atoms with van der Waals surface area (Å²) in [6.45, 7) is -0.260. The molecule has 2 aromatic rings. The van der Waals surface area contributed by atoms with E-state index in [4.69, 9.17) is 5.73 Å². The molecular formula is C14H15BrF2N6O2. The monoisotopic (exact) mass is 416 g/mol. The van der Waals surface area contributed by atoms with E-state index in [9.17, 15) is 18.4 Å². The lowest BCUT2D eigenvalue weighted by Gasteiger charge is -2.08. The Bertz CT molecular complexity index is 843. The molecule has 1 fully saturated rings. The highest BCUT2D eigenvalue weighted by atomic mass is 79.9. The van der Waals surface area contributed by atoms with Crippen LogP contribution in [0.3, 0.4) is 0 Å². The van der Waals surface area contributed by atoms with Gasteiger partial charge in [-0.25, -0.2) is 8.78 Å². The summed E-state index contributed by atoms with van der Waals surface area (Å²) in [5, 5.41) is 10.2. The summed E-state index contributed by atoms with van der Waals surface area (Å²) in [4.78, 5) is 23.7. The van der Waals surface area contributed by atoms with Gasteiger partial charge < -0.3 is 11.1 Å². The van der Waals surface area contributed by atoms with Crippen molar-refractivity contribution in [2.24, 2.45) is 12.8 Å². The number of nitrogens with zero attached hydrogens (tertiary/aromatic N) is 4. The fourth-order valence-electron chi connectivity index (χ4n) is 2.63. The number of rotatable bonds is 6. The fourth-order valence-corrected chi connectivity index (χ4v) is 3.41. The number of carbonyl (C=O) groups excluding carboxylic acids is 2. The van der Waals surface area contributed by atoms with Crippen molar-refractivity contribution in [3.8, 4) is 0 Å². The summed E-state index contributed by atoms with van der Waals surface area (Å²) in [6, 6.07) is 0. The Morgan fingerprint density at radius 3 is 2.72 bits per heavy atom. The van der Waals surface area contributed by atoms with Gasteiger partial charge in [-0.2, -0.15) is 10.2 Å². The van der Waals surface area contributed by atoms with Gasteiger partial charge in [0, 0.05) is 13.0 Å². The van der Waals surface area contributed by atoms with Crippen molar-refractivity contribution in [3.05, 3.63) is 27.8 Å². The van der Waals surface area contributed by atoms with E-state index in [1.54, 1.807) is 0 Å². The Labute approximate surface area is 149 Å². The van der Waals surface area contributed by atoms with Gasteiger partial charge in [-0.05, 0) is 28.8 Å². The molecule has 134 valence electrons. The molecule has 1 saturated carbocycles. The summed E-state index contributed by atoms with van der Waals surface area (Å²) < 4.78 is 28.9. The molecule has 25 heavy (non-hydrogen) atoms. The largest absolute Gasteiger partial charge is 0.364 e. The lowest BCUT2D eigenvalue weighted by atomic mass is 10.2. The van der Waals surface area contributed by atoms with Crippen LogP contribution >= 0.6 is 15.9 Å². The van der Waals surface area contributed by atoms with Crippen LogP contribution in [0.25, 0.3) is 0 Å². The molecule has 0 radical (unpaired) electrons. The van der Waals surface area contributed by atoms with Crippen LogP contribution in [-0.2, 0) is 18.4 Å². The zero-order chi connectivity index (χ0) is 18.3. The van der Waals surface area contributed by atoms with Crippen LogP contribution in [-0.4, -0.2) is 31.4 Å². The molecule has 1 aliphatic carbocycles. The van der Waals surface area contributed by atoms with E-state index in [0.29, 0.717) is 5.69 Å². The molecule has 11 heteroatoms. The minimum Gasteiger partial charge on any atom is -0.364 e. The van der Waals surface area contributed by atoms with Crippen molar-refractivity contribution in [2.45, 2.75) is 31.7 Å². The number of alkyl halides is 2. The van der Waals surface area contributed by atoms with Gasteiger partial charge in [-0.3, -0.25) is 19.0 Å². The molecule has 3 N–H and O–H groups in total. The molecule has 0 atom stereocenters. The van der Waals surface area contributed by atoms with E-state index in [0.717, 1.165) is 12.8 Å². The summed E-state index contributed by atoms with van der Waals surface area (Å²) >= 11 is 3.16. The van der Waals surface area contributed by atoms with Crippen LogP contribution in [0.15, 0.2) is 10.7 Å². The molecule has 3 rings (SSSR count). The summed E-state index contributed by atoms with van der Waals surface area (Å²) in [6.07, 6.45) is 0.283. The van der Waals surface area contributed by atoms with Gasteiger partial charge >= 0.3 is 0 Å². The number of amides is 2. The lowest BCUT2D eigenvalue weighted by molar-refractivity contribution is -0.117. The van der Waals surface area contributed by atoms with Gasteiger partial charge in [0.1, 0.15) is 17.9 Å². The fraction of sp³-hybridized carbons (Fsp3) is 0.429. The number of nitrogens with two attached hydrogens (primary N) is 1. The second-order valence-electron chi connectivity index (χ2n) is 5.76. The van der Waals surface area contributed by atoms with Crippen molar-refractivity contribution < 1.29 is 18.4 Å². The first-order valence-electron chi connectivity index (χ1n) is 7.45. The number of aryl methyl sites for hydroxylation is 1. The zero-order valence-corrected chi connectivity index (χ0v) is 14.8. The lowest BCUT2D eigenvalue weighted by Crippen LogP contribution is -2.23. The number of halogens is 3. The standard InChI is InChI=1S/C14H15BrF2N6O2/c1-22-12(14(18)25)7(4-19-22)20-8(24)5-23-11(6-2-3-6)9(15)10(21-23)13(16)17/h4,6,13H,2-3,5H2,1H3,(H2,18,25)(H,20,24). The predicted molar refractivity (Wildman–Crippen MR) is 87.2 cm³/mol. The van der Waals surface area contributed by atoms with Crippen molar-refractivity contribution in [1.29, 1.82) is 0 Å². The van der Waals surface area contributed by atoms with E-state index in [2.05, 4.69) is 31.4 Å². The third-order valence-corrected chi connectivity index (χ3v) is 4.68. The molecule has 2 aromatic heterocycles. The predicted octanol–water partition coefficient (Wildman–Crippen LogP) is 1.93. The second kappa shape index (κ2) is 6.54. The van der Waals surface area contributed by atoms with Crippen LogP contribution in [0.2, 0.25) is 0 Å². The minimum absolute atomic E-state index is 0.0469. The van der Waals surface area contributed by atoms with Crippen molar-refractivity contribution in [1.82, 2.24) is 19.6 Å². The van der Waals surface area contributed by atoms with Crippen LogP contribution in [0.5, 0.6) is 0 Å². The van der Waals surface area contributed by atoms with Gasteiger partial charge in [0.05, 0.1) is 22.1 Å². The summed E-state index contributed by atoms with van der Waals surface area (Å²) in [5.41, 5.74) is 5.67. The maximum absolute atomic E-state index is 13.1. The Hall–Kier alpha value is -2.30. The van der Waals surface area contributed by atoms with Gasteiger partial charge in [0.2, 0.25) is 5.91 Å². The molecule has 0 saturated heterocycles. The van der Waals surface area contributed by atoms with Crippen LogP contribution in [0.1, 0.15) is 47.1 Å². The van der Waals surface area contributed by atoms with Gasteiger partial charge in [-0.15, -0.1) is 0 Å². The van der Waals surface area contributed by atoms with E-state index in [1.807, 2.05) is 0 Å². The van der Waals surface area contributed by atoms with Crippen molar-refractivity contribution >= 4 is 33.4 Å². The molecule has 0 aliphatic heterocycles. The molecule has 8 nitrogen and oxygen atoms in total. The average Bonchev–Trinajstić information content (AvgIpc) is 3.20. The number of anilines is 1. The molecular weight excluding hydrogens is 402 g/mol. The van der Waals surface area contributed by atoms with Crippen molar-refractivity contribution in [2.75, 3.05) is 5.32 Å². The van der Waals surface area contributed by atoms with Gasteiger partial charge in [0.25, 0.3) is 12.3 Å². The highest BCUT2D eigenvalue weighted by molar-refractivity contribution is 9.10. The van der Waals surface area contributed by atoms with Crippen molar-refractivity contribution in [3.63, 3.8) is 0 Å². The summed E-state index contributed by atoms with van der Waals surface area (Å²) in [7, 11) is 1.51. The molecule has 0 bridgehead atoms. The minimum atomic E-state index is -2.74. The number of nitrogens with one attached hydrogen (secondary N) is 1. The Morgan fingerprint density at radius 1 is 1.48 bits per heavy atom. The maximum atomic E-state index is 13.1. The number of carbonyl (C=O) groups is 2. The SMILES string of the molecule is Cn1ncc(NC(=O)Cn2nc(C(F)F)c(Br)c2C2CC2)c1C(N)=O. The molecule has 0 spiro atoms. The van der Waals surface area contributed by atoms with Crippen LogP contribution in [0.4, 0.5) is 14.5 Å². The van der Waals surface area contributed by atoms with Crippen LogP contribution < -0.4 is 11.1 Å². The van der Waals surface area contributed by atoms with Crippen LogP contribution in [0, 0.1) is 0 Å². The second-order valence-corrected chi connectivity index (χ2v) is 6.55. The van der Waals surface area contributed by atoms with E-state index in [-0.39, 0.29) is 34.0 Å². The third kappa shape index (κ3) is 3.41. The van der Waals surface area contributed by atoms with E-state index in [1.165, 1.54) is 22.6 Å². The Morgan fingerprint density at radius 2 is 2.16 bits per heavy atom. The number of hydrogen-bond acceptors (Lipinski definition) is 4. The zero-order valence-electron chi connectivity index (χ0n) is 13.2. The third-order valence-electron chi connectivity index (χ3n) is 3.87. The summed E-state index contributed by atoms with van der Waals surface area (Å²) in [5.74, 6) is -1.15. The first kappa shape index (κ1) is 17.5. The number of hydrogen-bond donors (Lipinski definition) is 2.